The van der Waals surface area contributed by atoms with Crippen LogP contribution in [0.15, 0.2) is 52.9 Å². The molecule has 156 valence electrons. The predicted octanol–water partition coefficient (Wildman–Crippen LogP) is 4.10. The van der Waals surface area contributed by atoms with Crippen molar-refractivity contribution >= 4 is 41.5 Å². The number of thiol groups is 1. The number of thioether (sulfide) groups is 1. The third-order valence-electron chi connectivity index (χ3n) is 4.89. The van der Waals surface area contributed by atoms with Crippen LogP contribution in [0.3, 0.4) is 0 Å². The van der Waals surface area contributed by atoms with Crippen molar-refractivity contribution < 1.29 is 24.1 Å². The third-order valence-corrected chi connectivity index (χ3v) is 7.34. The number of aliphatic hydroxyl groups is 2. The Morgan fingerprint density at radius 3 is 2.59 bits per heavy atom. The van der Waals surface area contributed by atoms with Crippen molar-refractivity contribution in [1.29, 1.82) is 0 Å². The SMILES string of the molecule is CC1(c2ccc(F)cc2)OC(CC(SC[C@@H](O)[C@H](O)CS)c2ccsc2)=CC1=O. The molecule has 4 atom stereocenters. The quantitative estimate of drug-likeness (QED) is 0.498. The Kier molecular flexibility index (Phi) is 7.45. The summed E-state index contributed by atoms with van der Waals surface area (Å²) in [6, 6.07) is 7.75. The third kappa shape index (κ3) is 5.24. The average molecular weight is 455 g/mol. The first-order chi connectivity index (χ1) is 13.8. The lowest BCUT2D eigenvalue weighted by Crippen LogP contribution is -2.30. The van der Waals surface area contributed by atoms with Gasteiger partial charge in [-0.05, 0) is 41.4 Å². The summed E-state index contributed by atoms with van der Waals surface area (Å²) in [5, 5.41) is 23.8. The summed E-state index contributed by atoms with van der Waals surface area (Å²) < 4.78 is 19.3. The number of thiophene rings is 1. The molecule has 1 aromatic heterocycles. The van der Waals surface area contributed by atoms with Gasteiger partial charge < -0.3 is 14.9 Å². The first kappa shape index (κ1) is 22.4. The molecular formula is C21H23FO4S3. The number of allylic oxidation sites excluding steroid dienone is 1. The zero-order valence-corrected chi connectivity index (χ0v) is 18.4. The standard InChI is InChI=1S/C21H23FO4S3/c1-21(14-2-4-15(22)5-3-14)20(25)9-16(26-21)8-19(13-6-7-28-11-13)29-12-18(24)17(23)10-27/h2-7,9,11,17-19,23-24,27H,8,10,12H2,1H3/t17-,18-,19?,21?/m1/s1. The predicted molar refractivity (Wildman–Crippen MR) is 118 cm³/mol. The van der Waals surface area contributed by atoms with E-state index in [2.05, 4.69) is 12.6 Å². The van der Waals surface area contributed by atoms with Gasteiger partial charge in [0.25, 0.3) is 0 Å². The molecule has 2 unspecified atom stereocenters. The van der Waals surface area contributed by atoms with Crippen LogP contribution in [-0.2, 0) is 15.1 Å². The molecule has 1 aliphatic heterocycles. The molecule has 2 aromatic rings. The van der Waals surface area contributed by atoms with Crippen molar-refractivity contribution in [2.75, 3.05) is 11.5 Å². The van der Waals surface area contributed by atoms with E-state index in [0.29, 0.717) is 23.5 Å². The molecular weight excluding hydrogens is 431 g/mol. The molecule has 1 aromatic carbocycles. The van der Waals surface area contributed by atoms with Crippen molar-refractivity contribution in [2.45, 2.75) is 36.4 Å². The van der Waals surface area contributed by atoms with Gasteiger partial charge in [0.05, 0.1) is 12.2 Å². The lowest BCUT2D eigenvalue weighted by Gasteiger charge is -2.26. The van der Waals surface area contributed by atoms with Crippen molar-refractivity contribution in [3.05, 3.63) is 69.9 Å². The van der Waals surface area contributed by atoms with Gasteiger partial charge >= 0.3 is 0 Å². The van der Waals surface area contributed by atoms with Crippen LogP contribution in [0.4, 0.5) is 4.39 Å². The molecule has 8 heteroatoms. The fraction of sp³-hybridized carbons (Fsp3) is 0.381. The molecule has 4 nitrogen and oxygen atoms in total. The van der Waals surface area contributed by atoms with Crippen LogP contribution in [0.1, 0.15) is 29.7 Å². The first-order valence-corrected chi connectivity index (χ1v) is 11.8. The monoisotopic (exact) mass is 454 g/mol. The highest BCUT2D eigenvalue weighted by atomic mass is 32.2. The zero-order chi connectivity index (χ0) is 21.0. The Balaban J connectivity index is 1.72. The number of ether oxygens (including phenoxy) is 1. The summed E-state index contributed by atoms with van der Waals surface area (Å²) in [6.07, 6.45) is 0.193. The van der Waals surface area contributed by atoms with Crippen LogP contribution >= 0.6 is 35.7 Å². The summed E-state index contributed by atoms with van der Waals surface area (Å²) in [5.41, 5.74) is 0.497. The molecule has 0 aliphatic carbocycles. The van der Waals surface area contributed by atoms with Crippen LogP contribution in [0.5, 0.6) is 0 Å². The number of rotatable bonds is 9. The molecule has 2 heterocycles. The molecule has 2 N–H and O–H groups in total. The van der Waals surface area contributed by atoms with Gasteiger partial charge in [-0.15, -0.1) is 0 Å². The number of benzene rings is 1. The molecule has 1 aliphatic rings. The van der Waals surface area contributed by atoms with Crippen molar-refractivity contribution in [2.24, 2.45) is 0 Å². The fourth-order valence-electron chi connectivity index (χ4n) is 3.06. The molecule has 0 fully saturated rings. The minimum Gasteiger partial charge on any atom is -0.479 e. The maximum absolute atomic E-state index is 13.3. The molecule has 0 saturated heterocycles. The second-order valence-electron chi connectivity index (χ2n) is 7.02. The fourth-order valence-corrected chi connectivity index (χ4v) is 5.37. The van der Waals surface area contributed by atoms with Crippen LogP contribution in [0.25, 0.3) is 0 Å². The van der Waals surface area contributed by atoms with Gasteiger partial charge in [-0.25, -0.2) is 4.39 Å². The number of carbonyl (C=O) groups excluding carboxylic acids is 1. The number of carbonyl (C=O) groups is 1. The summed E-state index contributed by atoms with van der Waals surface area (Å²) in [4.78, 5) is 12.7. The Bertz CT molecular complexity index is 853. The highest BCUT2D eigenvalue weighted by Crippen LogP contribution is 2.42. The molecule has 0 amide bonds. The molecule has 0 radical (unpaired) electrons. The molecule has 0 bridgehead atoms. The van der Waals surface area contributed by atoms with E-state index in [1.807, 2.05) is 16.8 Å². The van der Waals surface area contributed by atoms with Gasteiger partial charge in [-0.2, -0.15) is 35.7 Å². The van der Waals surface area contributed by atoms with E-state index in [0.717, 1.165) is 5.56 Å². The van der Waals surface area contributed by atoms with Crippen LogP contribution in [0.2, 0.25) is 0 Å². The first-order valence-electron chi connectivity index (χ1n) is 9.14. The molecule has 3 rings (SSSR count). The van der Waals surface area contributed by atoms with E-state index in [1.165, 1.54) is 30.0 Å². The zero-order valence-electron chi connectivity index (χ0n) is 15.8. The number of ketones is 1. The minimum absolute atomic E-state index is 0.0439. The average Bonchev–Trinajstić information content (AvgIpc) is 3.33. The van der Waals surface area contributed by atoms with Gasteiger partial charge in [0.15, 0.2) is 5.60 Å². The lowest BCUT2D eigenvalue weighted by atomic mass is 9.92. The number of hydrogen-bond donors (Lipinski definition) is 3. The van der Waals surface area contributed by atoms with E-state index in [9.17, 15) is 19.4 Å². The summed E-state index contributed by atoms with van der Waals surface area (Å²) in [5.74, 6) is 0.517. The molecule has 29 heavy (non-hydrogen) atoms. The smallest absolute Gasteiger partial charge is 0.206 e. The minimum atomic E-state index is -1.17. The largest absolute Gasteiger partial charge is 0.479 e. The van der Waals surface area contributed by atoms with Crippen molar-refractivity contribution in [1.82, 2.24) is 0 Å². The Morgan fingerprint density at radius 2 is 1.97 bits per heavy atom. The number of hydrogen-bond acceptors (Lipinski definition) is 7. The van der Waals surface area contributed by atoms with E-state index in [4.69, 9.17) is 4.74 Å². The van der Waals surface area contributed by atoms with Crippen LogP contribution in [-0.4, -0.2) is 39.7 Å². The van der Waals surface area contributed by atoms with E-state index in [1.54, 1.807) is 30.4 Å². The summed E-state index contributed by atoms with van der Waals surface area (Å²) >= 11 is 7.08. The highest BCUT2D eigenvalue weighted by Gasteiger charge is 2.42. The van der Waals surface area contributed by atoms with Crippen molar-refractivity contribution in [3.8, 4) is 0 Å². The van der Waals surface area contributed by atoms with Gasteiger partial charge in [0.2, 0.25) is 5.78 Å². The highest BCUT2D eigenvalue weighted by molar-refractivity contribution is 7.99. The maximum Gasteiger partial charge on any atom is 0.206 e. The van der Waals surface area contributed by atoms with E-state index >= 15 is 0 Å². The topological polar surface area (TPSA) is 66.8 Å². The Hall–Kier alpha value is -1.32. The van der Waals surface area contributed by atoms with E-state index in [-0.39, 0.29) is 22.6 Å². The van der Waals surface area contributed by atoms with Crippen LogP contribution in [0, 0.1) is 5.82 Å². The van der Waals surface area contributed by atoms with Gasteiger partial charge in [-0.1, -0.05) is 12.1 Å². The van der Waals surface area contributed by atoms with Gasteiger partial charge in [0, 0.05) is 34.8 Å². The summed E-state index contributed by atoms with van der Waals surface area (Å²) in [7, 11) is 0. The second-order valence-corrected chi connectivity index (χ2v) is 9.40. The maximum atomic E-state index is 13.3. The molecule has 0 spiro atoms. The van der Waals surface area contributed by atoms with Gasteiger partial charge in [0.1, 0.15) is 11.6 Å². The second kappa shape index (κ2) is 9.66. The Labute approximate surface area is 183 Å². The van der Waals surface area contributed by atoms with Gasteiger partial charge in [-0.3, -0.25) is 4.79 Å². The lowest BCUT2D eigenvalue weighted by molar-refractivity contribution is -0.129. The molecule has 0 saturated carbocycles. The Morgan fingerprint density at radius 1 is 1.24 bits per heavy atom. The number of halogens is 1. The number of aliphatic hydroxyl groups excluding tert-OH is 2. The van der Waals surface area contributed by atoms with Crippen LogP contribution < -0.4 is 0 Å². The van der Waals surface area contributed by atoms with E-state index < -0.39 is 17.8 Å². The normalized spacial score (nSPS) is 22.1. The summed E-state index contributed by atoms with van der Waals surface area (Å²) in [6.45, 7) is 1.69. The van der Waals surface area contributed by atoms with Crippen molar-refractivity contribution in [3.63, 3.8) is 0 Å².